The molecule has 0 atom stereocenters. The van der Waals surface area contributed by atoms with E-state index in [9.17, 15) is 26.4 Å². The lowest BCUT2D eigenvalue weighted by Crippen LogP contribution is -2.35. The van der Waals surface area contributed by atoms with E-state index < -0.39 is 26.7 Å². The van der Waals surface area contributed by atoms with Gasteiger partial charge in [-0.25, -0.2) is 8.42 Å². The predicted octanol–water partition coefficient (Wildman–Crippen LogP) is 3.47. The van der Waals surface area contributed by atoms with Crippen molar-refractivity contribution in [2.24, 2.45) is 0 Å². The van der Waals surface area contributed by atoms with Crippen molar-refractivity contribution in [3.05, 3.63) is 65.5 Å². The molecule has 1 aliphatic carbocycles. The summed E-state index contributed by atoms with van der Waals surface area (Å²) < 4.78 is 65.6. The van der Waals surface area contributed by atoms with Crippen LogP contribution in [0.15, 0.2) is 53.6 Å². The van der Waals surface area contributed by atoms with Gasteiger partial charge >= 0.3 is 6.18 Å². The molecular weight excluding hydrogens is 431 g/mol. The van der Waals surface area contributed by atoms with Gasteiger partial charge in [0.05, 0.1) is 16.2 Å². The van der Waals surface area contributed by atoms with Crippen molar-refractivity contribution in [3.63, 3.8) is 0 Å². The number of alkyl halides is 3. The van der Waals surface area contributed by atoms with Crippen molar-refractivity contribution in [2.45, 2.75) is 36.4 Å². The molecule has 1 aliphatic heterocycles. The number of hydrogen-bond acceptors (Lipinski definition) is 4. The van der Waals surface area contributed by atoms with Crippen LogP contribution in [0, 0.1) is 0 Å². The van der Waals surface area contributed by atoms with Crippen LogP contribution >= 0.6 is 0 Å². The summed E-state index contributed by atoms with van der Waals surface area (Å²) in [6.07, 6.45) is 0.876. The summed E-state index contributed by atoms with van der Waals surface area (Å²) in [4.78, 5) is 16.1. The van der Waals surface area contributed by atoms with Gasteiger partial charge in [0, 0.05) is 30.9 Å². The maximum atomic E-state index is 12.9. The number of halogens is 3. The topological polar surface area (TPSA) is 79.4 Å². The zero-order chi connectivity index (χ0) is 22.2. The van der Waals surface area contributed by atoms with Gasteiger partial charge in [0.1, 0.15) is 0 Å². The molecule has 4 rings (SSSR count). The zero-order valence-electron chi connectivity index (χ0n) is 16.4. The highest BCUT2D eigenvalue weighted by Gasteiger charge is 2.33. The van der Waals surface area contributed by atoms with Crippen LogP contribution in [0.4, 0.5) is 13.2 Å². The predicted molar refractivity (Wildman–Crippen MR) is 108 cm³/mol. The first-order valence-electron chi connectivity index (χ1n) is 9.78. The normalized spacial score (nSPS) is 17.8. The molecule has 1 amide bonds. The number of rotatable bonds is 5. The number of carbonyl (C=O) groups excluding carboxylic acids is 1. The lowest BCUT2D eigenvalue weighted by molar-refractivity contribution is -0.137. The molecule has 1 N–H and O–H groups in total. The standard InChI is InChI=1S/C21H20F3N3O3S/c22-21(23,24)16-2-1-3-18(13-16)31(29,30)27-10-7-14(8-11-27)19-12-15(6-9-25-19)20(28)26-17-4-5-17/h1-3,6-7,9,12-13,17H,4-5,8,10-11H2,(H,26,28). The minimum absolute atomic E-state index is 0.00803. The first kappa shape index (κ1) is 21.5. The summed E-state index contributed by atoms with van der Waals surface area (Å²) in [5.74, 6) is -0.170. The molecule has 0 spiro atoms. The van der Waals surface area contributed by atoms with Crippen LogP contribution in [0.1, 0.15) is 40.9 Å². The van der Waals surface area contributed by atoms with E-state index >= 15 is 0 Å². The summed E-state index contributed by atoms with van der Waals surface area (Å²) in [7, 11) is -4.07. The number of benzene rings is 1. The second kappa shape index (κ2) is 8.08. The Bertz CT molecular complexity index is 1140. The van der Waals surface area contributed by atoms with Crippen molar-refractivity contribution >= 4 is 21.5 Å². The van der Waals surface area contributed by atoms with E-state index in [1.54, 1.807) is 18.2 Å². The number of carbonyl (C=O) groups is 1. The number of sulfonamides is 1. The van der Waals surface area contributed by atoms with Crippen molar-refractivity contribution in [3.8, 4) is 0 Å². The van der Waals surface area contributed by atoms with Crippen LogP contribution in [-0.4, -0.2) is 42.7 Å². The quantitative estimate of drug-likeness (QED) is 0.755. The van der Waals surface area contributed by atoms with Crippen LogP contribution in [-0.2, 0) is 16.2 Å². The monoisotopic (exact) mass is 451 g/mol. The van der Waals surface area contributed by atoms with Crippen LogP contribution in [0.3, 0.4) is 0 Å². The minimum Gasteiger partial charge on any atom is -0.349 e. The maximum Gasteiger partial charge on any atom is 0.416 e. The highest BCUT2D eigenvalue weighted by Crippen LogP contribution is 2.32. The van der Waals surface area contributed by atoms with E-state index in [-0.39, 0.29) is 25.0 Å². The fraction of sp³-hybridized carbons (Fsp3) is 0.333. The lowest BCUT2D eigenvalue weighted by Gasteiger charge is -2.26. The molecule has 2 aliphatic rings. The summed E-state index contributed by atoms with van der Waals surface area (Å²) in [6, 6.07) is 7.25. The number of amides is 1. The number of hydrogen-bond donors (Lipinski definition) is 1. The summed E-state index contributed by atoms with van der Waals surface area (Å²) in [6.45, 7) is 0.110. The third-order valence-corrected chi connectivity index (χ3v) is 7.10. The number of pyridine rings is 1. The Balaban J connectivity index is 1.51. The molecule has 1 fully saturated rings. The molecule has 0 unspecified atom stereocenters. The molecular formula is C21H20F3N3O3S. The van der Waals surface area contributed by atoms with Gasteiger partial charge in [-0.15, -0.1) is 0 Å². The highest BCUT2D eigenvalue weighted by molar-refractivity contribution is 7.89. The van der Waals surface area contributed by atoms with Gasteiger partial charge in [-0.3, -0.25) is 9.78 Å². The molecule has 0 bridgehead atoms. The molecule has 10 heteroatoms. The number of nitrogens with zero attached hydrogens (tertiary/aromatic N) is 2. The minimum atomic E-state index is -4.62. The van der Waals surface area contributed by atoms with Crippen LogP contribution in [0.2, 0.25) is 0 Å². The molecule has 1 aromatic carbocycles. The molecule has 6 nitrogen and oxygen atoms in total. The molecule has 31 heavy (non-hydrogen) atoms. The van der Waals surface area contributed by atoms with Gasteiger partial charge in [0.2, 0.25) is 10.0 Å². The first-order valence-corrected chi connectivity index (χ1v) is 11.2. The second-order valence-corrected chi connectivity index (χ2v) is 9.48. The summed E-state index contributed by atoms with van der Waals surface area (Å²) >= 11 is 0. The molecule has 2 aromatic rings. The van der Waals surface area contributed by atoms with E-state index in [1.807, 2.05) is 0 Å². The average Bonchev–Trinajstić information content (AvgIpc) is 3.57. The Kier molecular flexibility index (Phi) is 5.61. The zero-order valence-corrected chi connectivity index (χ0v) is 17.2. The van der Waals surface area contributed by atoms with E-state index in [1.165, 1.54) is 6.20 Å². The SMILES string of the molecule is O=C(NC1CC1)c1ccnc(C2=CCN(S(=O)(=O)c3cccc(C(F)(F)F)c3)CC2)c1. The van der Waals surface area contributed by atoms with E-state index in [0.717, 1.165) is 40.9 Å². The van der Waals surface area contributed by atoms with Crippen molar-refractivity contribution in [2.75, 3.05) is 13.1 Å². The van der Waals surface area contributed by atoms with Gasteiger partial charge in [-0.2, -0.15) is 17.5 Å². The van der Waals surface area contributed by atoms with E-state index in [0.29, 0.717) is 23.7 Å². The van der Waals surface area contributed by atoms with Crippen molar-refractivity contribution in [1.29, 1.82) is 0 Å². The van der Waals surface area contributed by atoms with Gasteiger partial charge in [0.25, 0.3) is 5.91 Å². The largest absolute Gasteiger partial charge is 0.416 e. The van der Waals surface area contributed by atoms with E-state index in [2.05, 4.69) is 10.3 Å². The van der Waals surface area contributed by atoms with Gasteiger partial charge < -0.3 is 5.32 Å². The average molecular weight is 451 g/mol. The fourth-order valence-corrected chi connectivity index (χ4v) is 4.75. The first-order chi connectivity index (χ1) is 14.6. The van der Waals surface area contributed by atoms with Crippen LogP contribution < -0.4 is 5.32 Å². The van der Waals surface area contributed by atoms with Gasteiger partial charge in [-0.05, 0) is 55.2 Å². The fourth-order valence-electron chi connectivity index (χ4n) is 3.33. The van der Waals surface area contributed by atoms with Crippen LogP contribution in [0.25, 0.3) is 5.57 Å². The molecule has 164 valence electrons. The molecule has 2 heterocycles. The molecule has 1 saturated carbocycles. The van der Waals surface area contributed by atoms with Crippen molar-refractivity contribution < 1.29 is 26.4 Å². The highest BCUT2D eigenvalue weighted by atomic mass is 32.2. The number of aromatic nitrogens is 1. The Labute approximate surface area is 177 Å². The Morgan fingerprint density at radius 1 is 1.16 bits per heavy atom. The van der Waals surface area contributed by atoms with Crippen molar-refractivity contribution in [1.82, 2.24) is 14.6 Å². The Morgan fingerprint density at radius 2 is 1.94 bits per heavy atom. The Hall–Kier alpha value is -2.72. The third-order valence-electron chi connectivity index (χ3n) is 5.23. The molecule has 0 saturated heterocycles. The molecule has 1 aromatic heterocycles. The lowest BCUT2D eigenvalue weighted by atomic mass is 10.0. The maximum absolute atomic E-state index is 12.9. The van der Waals surface area contributed by atoms with Gasteiger partial charge in [-0.1, -0.05) is 12.1 Å². The summed E-state index contributed by atoms with van der Waals surface area (Å²) in [5.41, 5.74) is 0.847. The smallest absolute Gasteiger partial charge is 0.349 e. The third kappa shape index (κ3) is 4.80. The second-order valence-electron chi connectivity index (χ2n) is 7.55. The van der Waals surface area contributed by atoms with E-state index in [4.69, 9.17) is 0 Å². The summed E-state index contributed by atoms with van der Waals surface area (Å²) in [5, 5.41) is 2.91. The van der Waals surface area contributed by atoms with Crippen LogP contribution in [0.5, 0.6) is 0 Å². The molecule has 0 radical (unpaired) electrons. The number of nitrogens with one attached hydrogen (secondary N) is 1. The van der Waals surface area contributed by atoms with Gasteiger partial charge in [0.15, 0.2) is 0 Å². The Morgan fingerprint density at radius 3 is 2.58 bits per heavy atom.